The zero-order valence-corrected chi connectivity index (χ0v) is 19.6. The minimum atomic E-state index is -0.355. The maximum Gasteiger partial charge on any atom is 0.254 e. The molecule has 174 valence electrons. The third-order valence-corrected chi connectivity index (χ3v) is 7.46. The first-order chi connectivity index (χ1) is 16.7. The summed E-state index contributed by atoms with van der Waals surface area (Å²) in [7, 11) is 0. The number of nitrogens with zero attached hydrogens (tertiary/aromatic N) is 5. The second kappa shape index (κ2) is 8.70. The number of tetrazole rings is 1. The molecule has 4 aromatic rings. The molecule has 0 radical (unpaired) electrons. The standard InChI is InChI=1S/C27H30N6O/c1-18-13-14-23-20(16-18)17-22(27(34)28-23)25(32-15-7-9-19-8-5-6-12-24(19)32)26-29-30-31-33(26)21-10-3-2-4-11-21/h5-6,8,12-14,16-17,21,25H,2-4,7,9-11,15H2,1H3,(H,28,34). The monoisotopic (exact) mass is 454 g/mol. The van der Waals surface area contributed by atoms with Crippen LogP contribution in [0.3, 0.4) is 0 Å². The second-order valence-corrected chi connectivity index (χ2v) is 9.75. The molecule has 1 fully saturated rings. The van der Waals surface area contributed by atoms with E-state index in [1.54, 1.807) is 0 Å². The number of nitrogens with one attached hydrogen (secondary N) is 1. The van der Waals surface area contributed by atoms with Crippen LogP contribution < -0.4 is 10.5 Å². The number of fused-ring (bicyclic) bond motifs is 2. The molecule has 1 aliphatic carbocycles. The number of hydrogen-bond acceptors (Lipinski definition) is 5. The van der Waals surface area contributed by atoms with E-state index in [0.717, 1.165) is 54.5 Å². The Morgan fingerprint density at radius 3 is 2.76 bits per heavy atom. The molecule has 7 heteroatoms. The maximum absolute atomic E-state index is 13.5. The number of rotatable bonds is 4. The van der Waals surface area contributed by atoms with Gasteiger partial charge in [-0.25, -0.2) is 4.68 Å². The Labute approximate surface area is 198 Å². The molecule has 6 rings (SSSR count). The number of aromatic amines is 1. The predicted molar refractivity (Wildman–Crippen MR) is 133 cm³/mol. The van der Waals surface area contributed by atoms with Crippen LogP contribution >= 0.6 is 0 Å². The van der Waals surface area contributed by atoms with Crippen molar-refractivity contribution >= 4 is 16.6 Å². The summed E-state index contributed by atoms with van der Waals surface area (Å²) < 4.78 is 2.01. The van der Waals surface area contributed by atoms with Crippen molar-refractivity contribution in [1.29, 1.82) is 0 Å². The molecule has 0 saturated heterocycles. The fourth-order valence-corrected chi connectivity index (χ4v) is 5.79. The Balaban J connectivity index is 1.56. The number of pyridine rings is 1. The van der Waals surface area contributed by atoms with Gasteiger partial charge in [0.15, 0.2) is 5.82 Å². The number of aromatic nitrogens is 5. The Hall–Kier alpha value is -3.48. The molecular weight excluding hydrogens is 424 g/mol. The lowest BCUT2D eigenvalue weighted by atomic mass is 9.94. The Bertz CT molecular complexity index is 1380. The van der Waals surface area contributed by atoms with Crippen LogP contribution in [0, 0.1) is 6.92 Å². The molecule has 1 aliphatic heterocycles. The van der Waals surface area contributed by atoms with Gasteiger partial charge in [-0.1, -0.05) is 49.1 Å². The molecule has 2 aromatic carbocycles. The van der Waals surface area contributed by atoms with E-state index in [1.807, 2.05) is 22.9 Å². The van der Waals surface area contributed by atoms with Crippen molar-refractivity contribution in [2.75, 3.05) is 11.4 Å². The van der Waals surface area contributed by atoms with Crippen LogP contribution in [0.5, 0.6) is 0 Å². The molecule has 1 saturated carbocycles. The number of aryl methyl sites for hydroxylation is 2. The van der Waals surface area contributed by atoms with Gasteiger partial charge in [0.1, 0.15) is 6.04 Å². The average molecular weight is 455 g/mol. The van der Waals surface area contributed by atoms with Gasteiger partial charge in [0.2, 0.25) is 0 Å². The highest BCUT2D eigenvalue weighted by molar-refractivity contribution is 5.80. The highest BCUT2D eigenvalue weighted by Gasteiger charge is 2.34. The van der Waals surface area contributed by atoms with E-state index in [-0.39, 0.29) is 17.6 Å². The summed E-state index contributed by atoms with van der Waals surface area (Å²) in [5, 5.41) is 14.2. The highest BCUT2D eigenvalue weighted by atomic mass is 16.1. The summed E-state index contributed by atoms with van der Waals surface area (Å²) in [4.78, 5) is 19.0. The minimum absolute atomic E-state index is 0.0809. The van der Waals surface area contributed by atoms with Crippen molar-refractivity contribution in [2.45, 2.75) is 64.0 Å². The normalized spacial score (nSPS) is 17.6. The van der Waals surface area contributed by atoms with Gasteiger partial charge in [-0.15, -0.1) is 5.10 Å². The molecule has 0 bridgehead atoms. The van der Waals surface area contributed by atoms with E-state index >= 15 is 0 Å². The summed E-state index contributed by atoms with van der Waals surface area (Å²) in [5.74, 6) is 0.765. The third-order valence-electron chi connectivity index (χ3n) is 7.46. The van der Waals surface area contributed by atoms with Crippen molar-refractivity contribution < 1.29 is 0 Å². The molecule has 3 heterocycles. The Kier molecular flexibility index (Phi) is 5.40. The minimum Gasteiger partial charge on any atom is -0.357 e. The van der Waals surface area contributed by atoms with Gasteiger partial charge in [0, 0.05) is 23.3 Å². The maximum atomic E-state index is 13.5. The summed E-state index contributed by atoms with van der Waals surface area (Å²) in [6.07, 6.45) is 7.88. The molecule has 2 aliphatic rings. The molecule has 7 nitrogen and oxygen atoms in total. The first-order valence-corrected chi connectivity index (χ1v) is 12.4. The average Bonchev–Trinajstić information content (AvgIpc) is 3.35. The van der Waals surface area contributed by atoms with Crippen molar-refractivity contribution in [2.24, 2.45) is 0 Å². The summed E-state index contributed by atoms with van der Waals surface area (Å²) in [6.45, 7) is 2.93. The molecular formula is C27H30N6O. The van der Waals surface area contributed by atoms with Gasteiger partial charge in [-0.2, -0.15) is 0 Å². The van der Waals surface area contributed by atoms with Gasteiger partial charge < -0.3 is 9.88 Å². The topological polar surface area (TPSA) is 79.7 Å². The van der Waals surface area contributed by atoms with Crippen LogP contribution in [0.25, 0.3) is 10.9 Å². The van der Waals surface area contributed by atoms with Crippen molar-refractivity contribution in [3.63, 3.8) is 0 Å². The number of para-hydroxylation sites is 1. The quantitative estimate of drug-likeness (QED) is 0.476. The zero-order valence-electron chi connectivity index (χ0n) is 19.6. The number of hydrogen-bond donors (Lipinski definition) is 1. The smallest absolute Gasteiger partial charge is 0.254 e. The van der Waals surface area contributed by atoms with Crippen LogP contribution in [0.1, 0.15) is 73.1 Å². The van der Waals surface area contributed by atoms with Crippen molar-refractivity contribution in [3.05, 3.63) is 81.4 Å². The van der Waals surface area contributed by atoms with Crippen LogP contribution in [-0.2, 0) is 6.42 Å². The Morgan fingerprint density at radius 1 is 1.03 bits per heavy atom. The summed E-state index contributed by atoms with van der Waals surface area (Å²) >= 11 is 0. The third kappa shape index (κ3) is 3.69. The van der Waals surface area contributed by atoms with E-state index in [4.69, 9.17) is 0 Å². The van der Waals surface area contributed by atoms with E-state index in [2.05, 4.69) is 62.7 Å². The fraction of sp³-hybridized carbons (Fsp3) is 0.407. The molecule has 2 aromatic heterocycles. The van der Waals surface area contributed by atoms with E-state index in [1.165, 1.54) is 30.5 Å². The van der Waals surface area contributed by atoms with E-state index in [9.17, 15) is 4.79 Å². The lowest BCUT2D eigenvalue weighted by Gasteiger charge is -2.38. The lowest BCUT2D eigenvalue weighted by Crippen LogP contribution is -2.39. The van der Waals surface area contributed by atoms with Gasteiger partial charge in [0.05, 0.1) is 6.04 Å². The lowest BCUT2D eigenvalue weighted by molar-refractivity contribution is 0.313. The van der Waals surface area contributed by atoms with Crippen molar-refractivity contribution in [3.8, 4) is 0 Å². The summed E-state index contributed by atoms with van der Waals surface area (Å²) in [6, 6.07) is 16.6. The van der Waals surface area contributed by atoms with Gasteiger partial charge in [-0.05, 0) is 78.2 Å². The molecule has 1 atom stereocenters. The summed E-state index contributed by atoms with van der Waals surface area (Å²) in [5.41, 5.74) is 5.11. The van der Waals surface area contributed by atoms with E-state index < -0.39 is 0 Å². The SMILES string of the molecule is Cc1ccc2[nH]c(=O)c(C(c3nnnn3C3CCCCC3)N3CCCc4ccccc43)cc2c1. The van der Waals surface area contributed by atoms with Crippen LogP contribution in [-0.4, -0.2) is 31.7 Å². The van der Waals surface area contributed by atoms with Crippen LogP contribution in [0.2, 0.25) is 0 Å². The first-order valence-electron chi connectivity index (χ1n) is 12.4. The van der Waals surface area contributed by atoms with Crippen molar-refractivity contribution in [1.82, 2.24) is 25.2 Å². The zero-order chi connectivity index (χ0) is 23.1. The number of benzene rings is 2. The molecule has 1 unspecified atom stereocenters. The molecule has 1 N–H and O–H groups in total. The first kappa shape index (κ1) is 21.1. The van der Waals surface area contributed by atoms with Gasteiger partial charge in [-0.3, -0.25) is 4.79 Å². The molecule has 0 amide bonds. The Morgan fingerprint density at radius 2 is 1.88 bits per heavy atom. The van der Waals surface area contributed by atoms with Gasteiger partial charge in [0.25, 0.3) is 5.56 Å². The molecule has 0 spiro atoms. The van der Waals surface area contributed by atoms with Crippen LogP contribution in [0.15, 0.2) is 53.3 Å². The van der Waals surface area contributed by atoms with Gasteiger partial charge >= 0.3 is 0 Å². The van der Waals surface area contributed by atoms with E-state index in [0.29, 0.717) is 5.56 Å². The predicted octanol–water partition coefficient (Wildman–Crippen LogP) is 4.87. The number of anilines is 1. The highest BCUT2D eigenvalue weighted by Crippen LogP contribution is 2.38. The largest absolute Gasteiger partial charge is 0.357 e. The van der Waals surface area contributed by atoms with Crippen LogP contribution in [0.4, 0.5) is 5.69 Å². The second-order valence-electron chi connectivity index (χ2n) is 9.75. The number of H-pyrrole nitrogens is 1. The fourth-order valence-electron chi connectivity index (χ4n) is 5.79. The molecule has 34 heavy (non-hydrogen) atoms.